The molecule has 1 N–H and O–H groups in total. The topological polar surface area (TPSA) is 33.1 Å². The zero-order valence-electron chi connectivity index (χ0n) is 12.7. The molecule has 0 saturated carbocycles. The first-order chi connectivity index (χ1) is 9.79. The fourth-order valence-corrected chi connectivity index (χ4v) is 1.75. The van der Waals surface area contributed by atoms with Crippen LogP contribution < -0.4 is 0 Å². The first-order valence-electron chi connectivity index (χ1n) is 6.93. The molecule has 0 fully saturated rings. The lowest BCUT2D eigenvalue weighted by atomic mass is 9.94. The molecule has 2 atom stereocenters. The maximum Gasteiger partial charge on any atom is 0.0870 e. The minimum atomic E-state index is -0.504. The molecule has 2 unspecified atom stereocenters. The number of nitrogens with zero attached hydrogens (tertiary/aromatic N) is 1. The molecule has 0 spiro atoms. The maximum atomic E-state index is 10.2. The van der Waals surface area contributed by atoms with Crippen molar-refractivity contribution >= 4 is 0 Å². The van der Waals surface area contributed by atoms with Gasteiger partial charge in [-0.25, -0.2) is 0 Å². The fourth-order valence-electron chi connectivity index (χ4n) is 1.75. The van der Waals surface area contributed by atoms with E-state index in [0.717, 1.165) is 11.3 Å². The smallest absolute Gasteiger partial charge is 0.0870 e. The first-order valence-corrected chi connectivity index (χ1v) is 6.93. The van der Waals surface area contributed by atoms with Crippen LogP contribution in [0.5, 0.6) is 0 Å². The number of pyridine rings is 1. The van der Waals surface area contributed by atoms with Crippen molar-refractivity contribution in [3.63, 3.8) is 0 Å². The van der Waals surface area contributed by atoms with Gasteiger partial charge in [0.1, 0.15) is 0 Å². The molecule has 0 amide bonds. The molecule has 2 heteroatoms. The van der Waals surface area contributed by atoms with Crippen molar-refractivity contribution in [2.45, 2.75) is 32.8 Å². The highest BCUT2D eigenvalue weighted by atomic mass is 16.3. The predicted molar refractivity (Wildman–Crippen MR) is 86.7 cm³/mol. The Morgan fingerprint density at radius 1 is 0.950 bits per heavy atom. The van der Waals surface area contributed by atoms with Crippen molar-refractivity contribution in [1.29, 1.82) is 0 Å². The van der Waals surface area contributed by atoms with Crippen LogP contribution >= 0.6 is 0 Å². The SMILES string of the molecule is C=C.CC.CC(c1ccccn1)C(O)c1ccccc1. The Balaban J connectivity index is 0.000000829. The number of benzene rings is 1. The summed E-state index contributed by atoms with van der Waals surface area (Å²) in [5, 5.41) is 10.2. The quantitative estimate of drug-likeness (QED) is 0.817. The summed E-state index contributed by atoms with van der Waals surface area (Å²) < 4.78 is 0. The van der Waals surface area contributed by atoms with E-state index in [1.165, 1.54) is 0 Å². The molecule has 0 aliphatic carbocycles. The number of hydrogen-bond acceptors (Lipinski definition) is 2. The Hall–Kier alpha value is -1.93. The number of aliphatic hydroxyl groups is 1. The minimum absolute atomic E-state index is 0.00333. The number of rotatable bonds is 3. The monoisotopic (exact) mass is 271 g/mol. The molecule has 1 heterocycles. The van der Waals surface area contributed by atoms with E-state index in [1.54, 1.807) is 6.20 Å². The van der Waals surface area contributed by atoms with Crippen LogP contribution in [-0.2, 0) is 0 Å². The van der Waals surface area contributed by atoms with Crippen molar-refractivity contribution in [1.82, 2.24) is 4.98 Å². The largest absolute Gasteiger partial charge is 0.388 e. The third-order valence-electron chi connectivity index (χ3n) is 2.77. The van der Waals surface area contributed by atoms with Crippen molar-refractivity contribution in [3.05, 3.63) is 79.1 Å². The van der Waals surface area contributed by atoms with Crippen molar-refractivity contribution in [3.8, 4) is 0 Å². The number of hydrogen-bond donors (Lipinski definition) is 1. The Morgan fingerprint density at radius 3 is 2.00 bits per heavy atom. The second-order valence-electron chi connectivity index (χ2n) is 3.90. The molecule has 0 bridgehead atoms. The van der Waals surface area contributed by atoms with Gasteiger partial charge in [-0.15, -0.1) is 13.2 Å². The molecule has 20 heavy (non-hydrogen) atoms. The number of aromatic nitrogens is 1. The Morgan fingerprint density at radius 2 is 1.50 bits per heavy atom. The standard InChI is InChI=1S/C14H15NO.C2H6.C2H4/c1-11(13-9-5-6-10-15-13)14(16)12-7-3-2-4-8-12;2*1-2/h2-11,14,16H,1H3;1-2H3;1-2H2. The van der Waals surface area contributed by atoms with Gasteiger partial charge >= 0.3 is 0 Å². The van der Waals surface area contributed by atoms with Crippen LogP contribution in [0.25, 0.3) is 0 Å². The highest BCUT2D eigenvalue weighted by Crippen LogP contribution is 2.28. The molecule has 1 aromatic heterocycles. The van der Waals surface area contributed by atoms with Gasteiger partial charge in [0, 0.05) is 17.8 Å². The summed E-state index contributed by atoms with van der Waals surface area (Å²) >= 11 is 0. The lowest BCUT2D eigenvalue weighted by molar-refractivity contribution is 0.150. The van der Waals surface area contributed by atoms with E-state index >= 15 is 0 Å². The summed E-state index contributed by atoms with van der Waals surface area (Å²) in [6.45, 7) is 12.0. The van der Waals surface area contributed by atoms with Crippen LogP contribution in [0.4, 0.5) is 0 Å². The lowest BCUT2D eigenvalue weighted by Crippen LogP contribution is -2.08. The zero-order valence-corrected chi connectivity index (χ0v) is 12.7. The van der Waals surface area contributed by atoms with Crippen LogP contribution in [0.1, 0.15) is 44.1 Å². The van der Waals surface area contributed by atoms with E-state index in [9.17, 15) is 5.11 Å². The van der Waals surface area contributed by atoms with E-state index in [0.29, 0.717) is 0 Å². The molecule has 2 rings (SSSR count). The van der Waals surface area contributed by atoms with Gasteiger partial charge in [-0.1, -0.05) is 57.2 Å². The van der Waals surface area contributed by atoms with Gasteiger partial charge in [-0.3, -0.25) is 4.98 Å². The second-order valence-corrected chi connectivity index (χ2v) is 3.90. The highest BCUT2D eigenvalue weighted by Gasteiger charge is 2.18. The average molecular weight is 271 g/mol. The van der Waals surface area contributed by atoms with Crippen molar-refractivity contribution in [2.75, 3.05) is 0 Å². The maximum absolute atomic E-state index is 10.2. The Kier molecular flexibility index (Phi) is 9.89. The summed E-state index contributed by atoms with van der Waals surface area (Å²) in [6, 6.07) is 15.4. The normalized spacial score (nSPS) is 12.0. The average Bonchev–Trinajstić information content (AvgIpc) is 2.59. The van der Waals surface area contributed by atoms with Gasteiger partial charge < -0.3 is 5.11 Å². The van der Waals surface area contributed by atoms with Gasteiger partial charge in [0.05, 0.1) is 6.10 Å². The van der Waals surface area contributed by atoms with E-state index in [2.05, 4.69) is 18.1 Å². The molecular formula is C18H25NO. The van der Waals surface area contributed by atoms with Crippen LogP contribution in [0.3, 0.4) is 0 Å². The van der Waals surface area contributed by atoms with Crippen molar-refractivity contribution in [2.24, 2.45) is 0 Å². The van der Waals surface area contributed by atoms with Gasteiger partial charge in [0.25, 0.3) is 0 Å². The van der Waals surface area contributed by atoms with Crippen LogP contribution in [0, 0.1) is 0 Å². The predicted octanol–water partition coefficient (Wildman–Crippen LogP) is 4.75. The van der Waals surface area contributed by atoms with Gasteiger partial charge in [-0.05, 0) is 17.7 Å². The lowest BCUT2D eigenvalue weighted by Gasteiger charge is -2.18. The van der Waals surface area contributed by atoms with E-state index in [1.807, 2.05) is 69.3 Å². The van der Waals surface area contributed by atoms with E-state index in [4.69, 9.17) is 0 Å². The summed E-state index contributed by atoms with van der Waals surface area (Å²) in [5.74, 6) is 0.00333. The third kappa shape index (κ3) is 5.37. The van der Waals surface area contributed by atoms with Gasteiger partial charge in [-0.2, -0.15) is 0 Å². The Bertz CT molecular complexity index is 398. The summed E-state index contributed by atoms with van der Waals surface area (Å²) in [5.41, 5.74) is 1.85. The van der Waals surface area contributed by atoms with Crippen molar-refractivity contribution < 1.29 is 5.11 Å². The fraction of sp³-hybridized carbons (Fsp3) is 0.278. The second kappa shape index (κ2) is 10.9. The Labute approximate surface area is 122 Å². The van der Waals surface area contributed by atoms with Crippen LogP contribution in [0.15, 0.2) is 67.9 Å². The van der Waals surface area contributed by atoms with Crippen LogP contribution in [-0.4, -0.2) is 10.1 Å². The highest BCUT2D eigenvalue weighted by molar-refractivity contribution is 5.22. The first kappa shape index (κ1) is 18.1. The molecule has 0 aliphatic rings. The minimum Gasteiger partial charge on any atom is -0.388 e. The summed E-state index contributed by atoms with van der Waals surface area (Å²) in [6.07, 6.45) is 1.25. The molecular weight excluding hydrogens is 246 g/mol. The number of aliphatic hydroxyl groups excluding tert-OH is 1. The molecule has 108 valence electrons. The molecule has 0 saturated heterocycles. The molecule has 1 aromatic carbocycles. The molecule has 0 radical (unpaired) electrons. The van der Waals surface area contributed by atoms with E-state index in [-0.39, 0.29) is 5.92 Å². The van der Waals surface area contributed by atoms with Crippen LogP contribution in [0.2, 0.25) is 0 Å². The van der Waals surface area contributed by atoms with E-state index < -0.39 is 6.10 Å². The zero-order chi connectivity index (χ0) is 15.4. The molecule has 2 nitrogen and oxygen atoms in total. The van der Waals surface area contributed by atoms with Gasteiger partial charge in [0.15, 0.2) is 0 Å². The summed E-state index contributed by atoms with van der Waals surface area (Å²) in [4.78, 5) is 4.27. The molecule has 0 aliphatic heterocycles. The summed E-state index contributed by atoms with van der Waals surface area (Å²) in [7, 11) is 0. The van der Waals surface area contributed by atoms with Gasteiger partial charge in [0.2, 0.25) is 0 Å². The third-order valence-corrected chi connectivity index (χ3v) is 2.77. The molecule has 2 aromatic rings.